The van der Waals surface area contributed by atoms with Crippen LogP contribution in [0.2, 0.25) is 0 Å². The van der Waals surface area contributed by atoms with Crippen LogP contribution in [0.5, 0.6) is 0 Å². The maximum absolute atomic E-state index is 11.0. The van der Waals surface area contributed by atoms with Crippen LogP contribution in [-0.4, -0.2) is 18.9 Å². The van der Waals surface area contributed by atoms with Gasteiger partial charge in [-0.05, 0) is 17.9 Å². The molecule has 0 aromatic heterocycles. The van der Waals surface area contributed by atoms with Crippen LogP contribution in [0, 0.1) is 5.92 Å². The number of carbonyl (C=O) groups is 1. The molecule has 0 radical (unpaired) electrons. The molecule has 0 atom stereocenters. The van der Waals surface area contributed by atoms with Crippen molar-refractivity contribution in [2.24, 2.45) is 11.0 Å². The van der Waals surface area contributed by atoms with Crippen molar-refractivity contribution in [1.82, 2.24) is 5.43 Å². The molecule has 1 aromatic carbocycles. The second-order valence-electron chi connectivity index (χ2n) is 4.13. The van der Waals surface area contributed by atoms with Crippen molar-refractivity contribution in [3.8, 4) is 0 Å². The smallest absolute Gasteiger partial charge is 0.427 e. The SMILES string of the molecule is COC(=O)N/N=C(\CC(C)C)c1ccccc1. The molecular weight excluding hydrogens is 216 g/mol. The van der Waals surface area contributed by atoms with Crippen LogP contribution in [-0.2, 0) is 4.74 Å². The van der Waals surface area contributed by atoms with E-state index in [0.717, 1.165) is 17.7 Å². The van der Waals surface area contributed by atoms with Gasteiger partial charge in [0.15, 0.2) is 0 Å². The molecule has 0 bridgehead atoms. The Hall–Kier alpha value is -1.84. The Labute approximate surface area is 102 Å². The zero-order valence-electron chi connectivity index (χ0n) is 10.4. The van der Waals surface area contributed by atoms with Gasteiger partial charge in [-0.1, -0.05) is 44.2 Å². The molecule has 4 nitrogen and oxygen atoms in total. The van der Waals surface area contributed by atoms with Crippen molar-refractivity contribution < 1.29 is 9.53 Å². The Kier molecular flexibility index (Phi) is 5.20. The van der Waals surface area contributed by atoms with Crippen molar-refractivity contribution >= 4 is 11.8 Å². The summed E-state index contributed by atoms with van der Waals surface area (Å²) >= 11 is 0. The van der Waals surface area contributed by atoms with E-state index in [0.29, 0.717) is 5.92 Å². The lowest BCUT2D eigenvalue weighted by Gasteiger charge is -2.09. The predicted molar refractivity (Wildman–Crippen MR) is 68.0 cm³/mol. The first-order chi connectivity index (χ1) is 8.13. The van der Waals surface area contributed by atoms with Crippen molar-refractivity contribution in [1.29, 1.82) is 0 Å². The summed E-state index contributed by atoms with van der Waals surface area (Å²) in [5.74, 6) is 0.466. The highest BCUT2D eigenvalue weighted by Gasteiger charge is 2.07. The molecule has 0 aliphatic heterocycles. The van der Waals surface area contributed by atoms with Crippen molar-refractivity contribution in [2.75, 3.05) is 7.11 Å². The Morgan fingerprint density at radius 1 is 1.35 bits per heavy atom. The Balaban J connectivity index is 2.84. The third-order valence-electron chi connectivity index (χ3n) is 2.18. The summed E-state index contributed by atoms with van der Waals surface area (Å²) in [4.78, 5) is 11.0. The van der Waals surface area contributed by atoms with Crippen LogP contribution in [0.4, 0.5) is 4.79 Å². The van der Waals surface area contributed by atoms with Gasteiger partial charge in [-0.15, -0.1) is 0 Å². The lowest BCUT2D eigenvalue weighted by molar-refractivity contribution is 0.171. The van der Waals surface area contributed by atoms with Gasteiger partial charge in [0.05, 0.1) is 12.8 Å². The maximum Gasteiger partial charge on any atom is 0.427 e. The minimum Gasteiger partial charge on any atom is -0.452 e. The standard InChI is InChI=1S/C13H18N2O2/c1-10(2)9-12(14-15-13(16)17-3)11-7-5-4-6-8-11/h4-8,10H,9H2,1-3H3,(H,15,16)/b14-12+. The van der Waals surface area contributed by atoms with E-state index in [-0.39, 0.29) is 0 Å². The second kappa shape index (κ2) is 6.68. The Bertz CT molecular complexity index is 386. The number of methoxy groups -OCH3 is 1. The Morgan fingerprint density at radius 2 is 2.00 bits per heavy atom. The average molecular weight is 234 g/mol. The van der Waals surface area contributed by atoms with E-state index in [4.69, 9.17) is 0 Å². The summed E-state index contributed by atoms with van der Waals surface area (Å²) in [6.45, 7) is 4.22. The van der Waals surface area contributed by atoms with Crippen LogP contribution in [0.3, 0.4) is 0 Å². The van der Waals surface area contributed by atoms with Crippen molar-refractivity contribution in [3.63, 3.8) is 0 Å². The summed E-state index contributed by atoms with van der Waals surface area (Å²) in [7, 11) is 1.31. The molecule has 92 valence electrons. The molecule has 0 aliphatic rings. The fraction of sp³-hybridized carbons (Fsp3) is 0.385. The molecular formula is C13H18N2O2. The molecule has 0 heterocycles. The highest BCUT2D eigenvalue weighted by molar-refractivity contribution is 6.00. The van der Waals surface area contributed by atoms with Gasteiger partial charge in [0, 0.05) is 0 Å². The molecule has 1 amide bonds. The molecule has 1 rings (SSSR count). The fourth-order valence-electron chi connectivity index (χ4n) is 1.40. The number of nitrogens with zero attached hydrogens (tertiary/aromatic N) is 1. The second-order valence-corrected chi connectivity index (χ2v) is 4.13. The van der Waals surface area contributed by atoms with E-state index in [9.17, 15) is 4.79 Å². The zero-order chi connectivity index (χ0) is 12.7. The monoisotopic (exact) mass is 234 g/mol. The van der Waals surface area contributed by atoms with E-state index in [2.05, 4.69) is 29.1 Å². The number of amides is 1. The van der Waals surface area contributed by atoms with Crippen molar-refractivity contribution in [3.05, 3.63) is 35.9 Å². The van der Waals surface area contributed by atoms with Gasteiger partial charge in [-0.2, -0.15) is 5.10 Å². The molecule has 0 unspecified atom stereocenters. The molecule has 0 saturated heterocycles. The lowest BCUT2D eigenvalue weighted by atomic mass is 10.0. The third kappa shape index (κ3) is 4.68. The van der Waals surface area contributed by atoms with Crippen LogP contribution < -0.4 is 5.43 Å². The highest BCUT2D eigenvalue weighted by atomic mass is 16.5. The largest absolute Gasteiger partial charge is 0.452 e. The van der Waals surface area contributed by atoms with Gasteiger partial charge in [0.1, 0.15) is 0 Å². The van der Waals surface area contributed by atoms with E-state index in [1.165, 1.54) is 7.11 Å². The summed E-state index contributed by atoms with van der Waals surface area (Å²) in [6, 6.07) is 9.79. The van der Waals surface area contributed by atoms with Gasteiger partial charge in [-0.3, -0.25) is 0 Å². The summed E-state index contributed by atoms with van der Waals surface area (Å²) < 4.78 is 4.48. The normalized spacial score (nSPS) is 11.4. The third-order valence-corrected chi connectivity index (χ3v) is 2.18. The minimum atomic E-state index is -0.554. The van der Waals surface area contributed by atoms with Gasteiger partial charge in [0.2, 0.25) is 0 Å². The fourth-order valence-corrected chi connectivity index (χ4v) is 1.40. The summed E-state index contributed by atoms with van der Waals surface area (Å²) in [5, 5.41) is 4.10. The number of hydrazone groups is 1. The summed E-state index contributed by atoms with van der Waals surface area (Å²) in [5.41, 5.74) is 4.23. The molecule has 0 fully saturated rings. The minimum absolute atomic E-state index is 0.466. The first-order valence-electron chi connectivity index (χ1n) is 5.59. The predicted octanol–water partition coefficient (Wildman–Crippen LogP) is 2.79. The van der Waals surface area contributed by atoms with Gasteiger partial charge >= 0.3 is 6.09 Å². The molecule has 0 saturated carbocycles. The van der Waals surface area contributed by atoms with Crippen LogP contribution in [0.15, 0.2) is 35.4 Å². The number of hydrogen-bond donors (Lipinski definition) is 1. The topological polar surface area (TPSA) is 50.7 Å². The van der Waals surface area contributed by atoms with Gasteiger partial charge in [-0.25, -0.2) is 10.2 Å². The van der Waals surface area contributed by atoms with E-state index < -0.39 is 6.09 Å². The quantitative estimate of drug-likeness (QED) is 0.643. The van der Waals surface area contributed by atoms with E-state index in [1.807, 2.05) is 30.3 Å². The van der Waals surface area contributed by atoms with Gasteiger partial charge < -0.3 is 4.74 Å². The van der Waals surface area contributed by atoms with Crippen LogP contribution in [0.25, 0.3) is 0 Å². The number of carbonyl (C=O) groups excluding carboxylic acids is 1. The first kappa shape index (κ1) is 13.2. The number of benzene rings is 1. The maximum atomic E-state index is 11.0. The van der Waals surface area contributed by atoms with Gasteiger partial charge in [0.25, 0.3) is 0 Å². The zero-order valence-corrected chi connectivity index (χ0v) is 10.4. The number of ether oxygens (including phenoxy) is 1. The molecule has 0 spiro atoms. The van der Waals surface area contributed by atoms with E-state index in [1.54, 1.807) is 0 Å². The molecule has 4 heteroatoms. The molecule has 17 heavy (non-hydrogen) atoms. The average Bonchev–Trinajstić information content (AvgIpc) is 2.34. The first-order valence-corrected chi connectivity index (χ1v) is 5.59. The number of rotatable bonds is 4. The summed E-state index contributed by atoms with van der Waals surface area (Å²) in [6.07, 6.45) is 0.246. The highest BCUT2D eigenvalue weighted by Crippen LogP contribution is 2.09. The molecule has 1 N–H and O–H groups in total. The van der Waals surface area contributed by atoms with Crippen molar-refractivity contribution in [2.45, 2.75) is 20.3 Å². The Morgan fingerprint density at radius 3 is 2.53 bits per heavy atom. The molecule has 0 aliphatic carbocycles. The number of nitrogens with one attached hydrogen (secondary N) is 1. The lowest BCUT2D eigenvalue weighted by Crippen LogP contribution is -2.20. The van der Waals surface area contributed by atoms with Crippen LogP contribution in [0.1, 0.15) is 25.8 Å². The molecule has 1 aromatic rings. The van der Waals surface area contributed by atoms with Crippen LogP contribution >= 0.6 is 0 Å². The number of hydrogen-bond acceptors (Lipinski definition) is 3. The van der Waals surface area contributed by atoms with E-state index >= 15 is 0 Å².